The van der Waals surface area contributed by atoms with Crippen LogP contribution in [0.15, 0.2) is 0 Å². The van der Waals surface area contributed by atoms with E-state index in [4.69, 9.17) is 0 Å². The van der Waals surface area contributed by atoms with E-state index in [1.807, 2.05) is 0 Å². The minimum Gasteiger partial charge on any atom is -0.170 e. The van der Waals surface area contributed by atoms with Crippen molar-refractivity contribution < 1.29 is 13.2 Å². The van der Waals surface area contributed by atoms with Gasteiger partial charge in [0.2, 0.25) is 0 Å². The molecule has 0 N–H and O–H groups in total. The molecule has 0 aromatic carbocycles. The predicted octanol–water partition coefficient (Wildman–Crippen LogP) is 2.21. The molecule has 0 aliphatic carbocycles. The van der Waals surface area contributed by atoms with Gasteiger partial charge in [0.05, 0.1) is 0 Å². The zero-order chi connectivity index (χ0) is 5.21. The molecule has 0 aromatic rings. The van der Waals surface area contributed by atoms with Crippen molar-refractivity contribution in [2.45, 2.75) is 6.18 Å². The highest BCUT2D eigenvalue weighted by molar-refractivity contribution is 6.18. The normalized spacial score (nSPS) is 10.3. The van der Waals surface area contributed by atoms with E-state index in [1.54, 1.807) is 0 Å². The van der Waals surface area contributed by atoms with E-state index in [2.05, 4.69) is 11.6 Å². The van der Waals surface area contributed by atoms with Gasteiger partial charge in [0.1, 0.15) is 5.88 Å². The van der Waals surface area contributed by atoms with Gasteiger partial charge in [-0.3, -0.25) is 0 Å². The van der Waals surface area contributed by atoms with Gasteiger partial charge in [-0.25, -0.2) is 0 Å². The lowest BCUT2D eigenvalue weighted by Crippen LogP contribution is -2.07. The molecule has 0 atom stereocenters. The molecule has 0 aliphatic rings. The molecule has 0 amide bonds. The third-order valence-corrected chi connectivity index (χ3v) is 0.455. The van der Waals surface area contributed by atoms with E-state index in [-0.39, 0.29) is 12.4 Å². The maximum atomic E-state index is 10.7. The fourth-order valence-electron chi connectivity index (χ4n) is 0. The summed E-state index contributed by atoms with van der Waals surface area (Å²) in [5, 5.41) is 0. The molecule has 5 heteroatoms. The maximum Gasteiger partial charge on any atom is 0.402 e. The van der Waals surface area contributed by atoms with Gasteiger partial charge in [0.15, 0.2) is 0 Å². The Morgan fingerprint density at radius 3 is 1.43 bits per heavy atom. The molecular weight excluding hydrogens is 152 g/mol. The molecule has 0 saturated heterocycles. The van der Waals surface area contributed by atoms with Crippen LogP contribution in [0.4, 0.5) is 13.2 Å². The molecule has 7 heavy (non-hydrogen) atoms. The Hall–Kier alpha value is 0.370. The molecule has 0 saturated carbocycles. The summed E-state index contributed by atoms with van der Waals surface area (Å²) in [7, 11) is 0. The lowest BCUT2D eigenvalue weighted by atomic mass is 10.8. The van der Waals surface area contributed by atoms with Crippen LogP contribution in [0.25, 0.3) is 0 Å². The Kier molecular flexibility index (Phi) is 5.01. The molecule has 0 spiro atoms. The highest BCUT2D eigenvalue weighted by Gasteiger charge is 2.24. The summed E-state index contributed by atoms with van der Waals surface area (Å²) in [5.41, 5.74) is 0. The second-order valence-electron chi connectivity index (χ2n) is 0.749. The van der Waals surface area contributed by atoms with Crippen LogP contribution in [0.5, 0.6) is 0 Å². The second-order valence-corrected chi connectivity index (χ2v) is 1.02. The summed E-state index contributed by atoms with van der Waals surface area (Å²) in [6.07, 6.45) is -4.19. The van der Waals surface area contributed by atoms with Crippen LogP contribution in [0.3, 0.4) is 0 Å². The Morgan fingerprint density at radius 1 is 1.29 bits per heavy atom. The first-order valence-electron chi connectivity index (χ1n) is 1.19. The topological polar surface area (TPSA) is 0 Å². The van der Waals surface area contributed by atoms with Crippen molar-refractivity contribution in [3.05, 3.63) is 0 Å². The van der Waals surface area contributed by atoms with Crippen molar-refractivity contribution in [2.24, 2.45) is 0 Å². The molecule has 0 nitrogen and oxygen atoms in total. The Labute approximate surface area is 50.1 Å². The predicted molar refractivity (Wildman–Crippen MR) is 24.0 cm³/mol. The first-order valence-corrected chi connectivity index (χ1v) is 1.72. The van der Waals surface area contributed by atoms with E-state index in [0.29, 0.717) is 0 Å². The first kappa shape index (κ1) is 10.4. The molecule has 0 aromatic heterocycles. The van der Waals surface area contributed by atoms with Gasteiger partial charge in [-0.05, 0) is 0 Å². The smallest absolute Gasteiger partial charge is 0.170 e. The maximum absolute atomic E-state index is 10.7. The van der Waals surface area contributed by atoms with Gasteiger partial charge in [0.25, 0.3) is 0 Å². The van der Waals surface area contributed by atoms with Gasteiger partial charge < -0.3 is 0 Å². The van der Waals surface area contributed by atoms with E-state index in [1.165, 1.54) is 0 Å². The first-order chi connectivity index (χ1) is 2.56. The van der Waals surface area contributed by atoms with Gasteiger partial charge in [-0.15, -0.1) is 24.0 Å². The molecular formula is C2H3Cl2F3. The molecule has 0 heterocycles. The fraction of sp³-hybridized carbons (Fsp3) is 1.00. The minimum atomic E-state index is -4.19. The third-order valence-electron chi connectivity index (χ3n) is 0.152. The SMILES string of the molecule is Cl.FC(F)(F)CCl. The number of alkyl halides is 4. The van der Waals surface area contributed by atoms with Crippen molar-refractivity contribution in [3.63, 3.8) is 0 Å². The highest BCUT2D eigenvalue weighted by Crippen LogP contribution is 2.14. The minimum absolute atomic E-state index is 0. The van der Waals surface area contributed by atoms with Crippen LogP contribution < -0.4 is 0 Å². The number of rotatable bonds is 0. The van der Waals surface area contributed by atoms with Gasteiger partial charge >= 0.3 is 6.18 Å². The molecule has 0 bridgehead atoms. The van der Waals surface area contributed by atoms with E-state index >= 15 is 0 Å². The van der Waals surface area contributed by atoms with Gasteiger partial charge in [-0.1, -0.05) is 0 Å². The van der Waals surface area contributed by atoms with Crippen LogP contribution in [-0.4, -0.2) is 12.1 Å². The average Bonchev–Trinajstić information content (AvgIpc) is 1.35. The van der Waals surface area contributed by atoms with Gasteiger partial charge in [-0.2, -0.15) is 13.2 Å². The standard InChI is InChI=1S/C2H2ClF3.ClH/c3-1-2(4,5)6;/h1H2;1H. The lowest BCUT2D eigenvalue weighted by molar-refractivity contribution is -0.106. The summed E-state index contributed by atoms with van der Waals surface area (Å²) in [6.45, 7) is 0. The summed E-state index contributed by atoms with van der Waals surface area (Å²) >= 11 is 4.35. The van der Waals surface area contributed by atoms with Crippen LogP contribution in [0, 0.1) is 0 Å². The van der Waals surface area contributed by atoms with Crippen molar-refractivity contribution in [2.75, 3.05) is 5.88 Å². The van der Waals surface area contributed by atoms with Crippen molar-refractivity contribution in [1.82, 2.24) is 0 Å². The van der Waals surface area contributed by atoms with Crippen LogP contribution >= 0.6 is 24.0 Å². The molecule has 0 unspecified atom stereocenters. The molecule has 0 aliphatic heterocycles. The number of hydrogen-bond donors (Lipinski definition) is 0. The highest BCUT2D eigenvalue weighted by atomic mass is 35.5. The van der Waals surface area contributed by atoms with Gasteiger partial charge in [0, 0.05) is 0 Å². The molecule has 0 fully saturated rings. The Bertz CT molecular complexity index is 40.7. The lowest BCUT2D eigenvalue weighted by Gasteiger charge is -1.94. The van der Waals surface area contributed by atoms with E-state index in [0.717, 1.165) is 0 Å². The molecule has 0 radical (unpaired) electrons. The summed E-state index contributed by atoms with van der Waals surface area (Å²) in [6, 6.07) is 0. The van der Waals surface area contributed by atoms with Crippen molar-refractivity contribution in [3.8, 4) is 0 Å². The van der Waals surface area contributed by atoms with Crippen molar-refractivity contribution >= 4 is 24.0 Å². The zero-order valence-electron chi connectivity index (χ0n) is 3.13. The van der Waals surface area contributed by atoms with E-state index in [9.17, 15) is 13.2 Å². The molecule has 46 valence electrons. The zero-order valence-corrected chi connectivity index (χ0v) is 4.70. The van der Waals surface area contributed by atoms with Crippen LogP contribution in [-0.2, 0) is 0 Å². The fourth-order valence-corrected chi connectivity index (χ4v) is 0. The summed E-state index contributed by atoms with van der Waals surface area (Å²) in [5.74, 6) is -1.26. The number of halogens is 5. The average molecular weight is 155 g/mol. The summed E-state index contributed by atoms with van der Waals surface area (Å²) in [4.78, 5) is 0. The third kappa shape index (κ3) is 10.7. The quantitative estimate of drug-likeness (QED) is 0.470. The Balaban J connectivity index is 0. The van der Waals surface area contributed by atoms with Crippen LogP contribution in [0.1, 0.15) is 0 Å². The largest absolute Gasteiger partial charge is 0.402 e. The summed E-state index contributed by atoms with van der Waals surface area (Å²) < 4.78 is 32.0. The monoisotopic (exact) mass is 154 g/mol. The molecule has 0 rings (SSSR count). The number of hydrogen-bond acceptors (Lipinski definition) is 0. The van der Waals surface area contributed by atoms with E-state index < -0.39 is 12.1 Å². The second kappa shape index (κ2) is 3.38. The van der Waals surface area contributed by atoms with Crippen LogP contribution in [0.2, 0.25) is 0 Å². The van der Waals surface area contributed by atoms with Crippen molar-refractivity contribution in [1.29, 1.82) is 0 Å². The Morgan fingerprint density at radius 2 is 1.43 bits per heavy atom.